The second kappa shape index (κ2) is 9.24. The molecule has 2 rings (SSSR count). The maximum Gasteiger partial charge on any atom is 0.184 e. The minimum Gasteiger partial charge on any atom is -0.394 e. The second-order valence-electron chi connectivity index (χ2n) is 6.53. The van der Waals surface area contributed by atoms with E-state index in [1.54, 1.807) is 0 Å². The third-order valence-corrected chi connectivity index (χ3v) is 4.55. The summed E-state index contributed by atoms with van der Waals surface area (Å²) in [6.07, 6.45) is -0.710. The molecule has 7 N–H and O–H groups in total. The normalized spacial score (nSPS) is 41.3. The van der Waals surface area contributed by atoms with E-state index in [-0.39, 0.29) is 18.7 Å². The van der Waals surface area contributed by atoms with E-state index in [1.807, 2.05) is 7.05 Å². The van der Waals surface area contributed by atoms with Crippen molar-refractivity contribution in [3.8, 4) is 0 Å². The van der Waals surface area contributed by atoms with Gasteiger partial charge in [-0.25, -0.2) is 0 Å². The minimum absolute atomic E-state index is 0.0719. The smallest absolute Gasteiger partial charge is 0.184 e. The van der Waals surface area contributed by atoms with Crippen LogP contribution >= 0.6 is 0 Å². The predicted molar refractivity (Wildman–Crippen MR) is 84.8 cm³/mol. The molecule has 2 fully saturated rings. The first kappa shape index (κ1) is 19.0. The van der Waals surface area contributed by atoms with Gasteiger partial charge in [-0.2, -0.15) is 0 Å². The quantitative estimate of drug-likeness (QED) is 0.278. The van der Waals surface area contributed by atoms with Crippen molar-refractivity contribution in [2.24, 2.45) is 5.73 Å². The molecule has 0 aromatic rings. The van der Waals surface area contributed by atoms with Crippen LogP contribution in [-0.4, -0.2) is 84.9 Å². The van der Waals surface area contributed by atoms with Gasteiger partial charge in [-0.15, -0.1) is 0 Å². The van der Waals surface area contributed by atoms with E-state index >= 15 is 0 Å². The maximum atomic E-state index is 10.5. The van der Waals surface area contributed by atoms with E-state index in [0.29, 0.717) is 19.3 Å². The molecule has 7 atom stereocenters. The molecular weight excluding hydrogens is 302 g/mol. The Labute approximate surface area is 137 Å². The van der Waals surface area contributed by atoms with Crippen molar-refractivity contribution < 1.29 is 24.8 Å². The molecule has 8 heteroatoms. The van der Waals surface area contributed by atoms with Gasteiger partial charge in [0.15, 0.2) is 6.29 Å². The van der Waals surface area contributed by atoms with Gasteiger partial charge in [-0.1, -0.05) is 0 Å². The molecule has 0 aromatic heterocycles. The fourth-order valence-corrected chi connectivity index (χ4v) is 3.28. The molecule has 23 heavy (non-hydrogen) atoms. The Kier molecular flexibility index (Phi) is 7.64. The number of aliphatic hydroxyl groups excluding tert-OH is 3. The van der Waals surface area contributed by atoms with Crippen LogP contribution < -0.4 is 16.4 Å². The van der Waals surface area contributed by atoms with Gasteiger partial charge in [-0.3, -0.25) is 0 Å². The molecule has 0 aromatic carbocycles. The average molecular weight is 333 g/mol. The van der Waals surface area contributed by atoms with Gasteiger partial charge in [0, 0.05) is 18.5 Å². The van der Waals surface area contributed by atoms with Crippen molar-refractivity contribution in [1.29, 1.82) is 0 Å². The molecule has 1 heterocycles. The number of aliphatic hydroxyl groups is 3. The first-order valence-corrected chi connectivity index (χ1v) is 8.46. The Morgan fingerprint density at radius 2 is 2.00 bits per heavy atom. The maximum absolute atomic E-state index is 10.5. The summed E-state index contributed by atoms with van der Waals surface area (Å²) in [7, 11) is 1.90. The van der Waals surface area contributed by atoms with Crippen LogP contribution in [0.5, 0.6) is 0 Å². The molecule has 1 aliphatic heterocycles. The molecule has 1 saturated heterocycles. The summed E-state index contributed by atoms with van der Waals surface area (Å²) < 4.78 is 11.2. The van der Waals surface area contributed by atoms with Crippen molar-refractivity contribution in [3.05, 3.63) is 0 Å². The molecule has 1 aliphatic carbocycles. The van der Waals surface area contributed by atoms with Crippen molar-refractivity contribution in [3.63, 3.8) is 0 Å². The highest BCUT2D eigenvalue weighted by atomic mass is 16.7. The van der Waals surface area contributed by atoms with E-state index in [1.165, 1.54) is 0 Å². The lowest BCUT2D eigenvalue weighted by Crippen LogP contribution is -2.56. The lowest BCUT2D eigenvalue weighted by atomic mass is 9.86. The summed E-state index contributed by atoms with van der Waals surface area (Å²) in [4.78, 5) is 0. The molecule has 7 unspecified atom stereocenters. The number of hydrogen-bond acceptors (Lipinski definition) is 8. The third-order valence-electron chi connectivity index (χ3n) is 4.55. The fraction of sp³-hybridized carbons (Fsp3) is 1.00. The molecular formula is C15H31N3O5. The monoisotopic (exact) mass is 333 g/mol. The highest BCUT2D eigenvalue weighted by molar-refractivity contribution is 4.94. The standard InChI is InChI=1S/C15H31N3O5/c1-17-3-2-4-18-11-5-9(16)6-13(14(11)21)23-15-12(20)7-10(8-19)22-15/h9-15,17-21H,2-8,16H2,1H3. The second-order valence-corrected chi connectivity index (χ2v) is 6.53. The molecule has 1 saturated carbocycles. The number of nitrogens with one attached hydrogen (secondary N) is 2. The van der Waals surface area contributed by atoms with Gasteiger partial charge in [-0.05, 0) is 39.4 Å². The average Bonchev–Trinajstić information content (AvgIpc) is 2.88. The van der Waals surface area contributed by atoms with E-state index < -0.39 is 30.7 Å². The molecule has 0 spiro atoms. The Morgan fingerprint density at radius 3 is 2.65 bits per heavy atom. The molecule has 0 amide bonds. The Bertz CT molecular complexity index is 349. The van der Waals surface area contributed by atoms with Crippen LogP contribution in [0.15, 0.2) is 0 Å². The number of rotatable bonds is 8. The van der Waals surface area contributed by atoms with E-state index in [2.05, 4.69) is 10.6 Å². The minimum atomic E-state index is -0.818. The van der Waals surface area contributed by atoms with Crippen LogP contribution in [0.3, 0.4) is 0 Å². The Balaban J connectivity index is 1.85. The van der Waals surface area contributed by atoms with Gasteiger partial charge in [0.1, 0.15) is 6.10 Å². The topological polar surface area (TPSA) is 129 Å². The predicted octanol–water partition coefficient (Wildman–Crippen LogP) is -2.11. The van der Waals surface area contributed by atoms with Crippen LogP contribution in [0.1, 0.15) is 25.7 Å². The zero-order valence-corrected chi connectivity index (χ0v) is 13.7. The summed E-state index contributed by atoms with van der Waals surface area (Å²) in [5, 5.41) is 36.0. The Morgan fingerprint density at radius 1 is 1.22 bits per heavy atom. The molecule has 0 radical (unpaired) electrons. The lowest BCUT2D eigenvalue weighted by molar-refractivity contribution is -0.220. The van der Waals surface area contributed by atoms with Crippen molar-refractivity contribution in [2.45, 2.75) is 68.5 Å². The largest absolute Gasteiger partial charge is 0.394 e. The lowest BCUT2D eigenvalue weighted by Gasteiger charge is -2.39. The first-order chi connectivity index (χ1) is 11.0. The van der Waals surface area contributed by atoms with Gasteiger partial charge in [0.2, 0.25) is 0 Å². The summed E-state index contributed by atoms with van der Waals surface area (Å²) in [5.41, 5.74) is 6.08. The van der Waals surface area contributed by atoms with Crippen molar-refractivity contribution in [1.82, 2.24) is 10.6 Å². The van der Waals surface area contributed by atoms with Crippen LogP contribution in [0.2, 0.25) is 0 Å². The van der Waals surface area contributed by atoms with Crippen LogP contribution in [0, 0.1) is 0 Å². The highest BCUT2D eigenvalue weighted by Crippen LogP contribution is 2.28. The van der Waals surface area contributed by atoms with Crippen molar-refractivity contribution in [2.75, 3.05) is 26.7 Å². The SMILES string of the molecule is CNCCCNC1CC(N)CC(OC2OC(CO)CC2O)C1O. The summed E-state index contributed by atoms with van der Waals surface area (Å²) in [6.45, 7) is 1.54. The Hall–Kier alpha value is -0.320. The number of ether oxygens (including phenoxy) is 2. The van der Waals surface area contributed by atoms with E-state index in [4.69, 9.17) is 20.3 Å². The zero-order chi connectivity index (χ0) is 16.8. The summed E-state index contributed by atoms with van der Waals surface area (Å²) >= 11 is 0. The van der Waals surface area contributed by atoms with Gasteiger partial charge in [0.05, 0.1) is 24.9 Å². The summed E-state index contributed by atoms with van der Waals surface area (Å²) in [5.74, 6) is 0. The van der Waals surface area contributed by atoms with E-state index in [0.717, 1.165) is 19.5 Å². The van der Waals surface area contributed by atoms with Crippen LogP contribution in [0.25, 0.3) is 0 Å². The zero-order valence-electron chi connectivity index (χ0n) is 13.7. The van der Waals surface area contributed by atoms with Gasteiger partial charge < -0.3 is 41.2 Å². The third kappa shape index (κ3) is 5.33. The van der Waals surface area contributed by atoms with Gasteiger partial charge in [0.25, 0.3) is 0 Å². The number of nitrogens with two attached hydrogens (primary N) is 1. The molecule has 2 aliphatic rings. The number of hydrogen-bond donors (Lipinski definition) is 6. The fourth-order valence-electron chi connectivity index (χ4n) is 3.28. The van der Waals surface area contributed by atoms with Crippen LogP contribution in [0.4, 0.5) is 0 Å². The first-order valence-electron chi connectivity index (χ1n) is 8.46. The highest BCUT2D eigenvalue weighted by Gasteiger charge is 2.41. The van der Waals surface area contributed by atoms with Crippen molar-refractivity contribution >= 4 is 0 Å². The van der Waals surface area contributed by atoms with Crippen LogP contribution in [-0.2, 0) is 9.47 Å². The molecule has 0 bridgehead atoms. The van der Waals surface area contributed by atoms with Gasteiger partial charge >= 0.3 is 0 Å². The molecule has 136 valence electrons. The molecule has 8 nitrogen and oxygen atoms in total. The summed E-state index contributed by atoms with van der Waals surface area (Å²) in [6, 6.07) is -0.204. The van der Waals surface area contributed by atoms with E-state index in [9.17, 15) is 10.2 Å².